The van der Waals surface area contributed by atoms with Crippen LogP contribution in [-0.4, -0.2) is 17.6 Å². The molecule has 5 nitrogen and oxygen atoms in total. The van der Waals surface area contributed by atoms with Crippen molar-refractivity contribution in [2.75, 3.05) is 7.11 Å². The highest BCUT2D eigenvalue weighted by Gasteiger charge is 2.32. The number of methoxy groups -OCH3 is 1. The van der Waals surface area contributed by atoms with E-state index >= 15 is 0 Å². The van der Waals surface area contributed by atoms with Gasteiger partial charge in [-0.05, 0) is 36.3 Å². The van der Waals surface area contributed by atoms with Crippen LogP contribution in [0, 0.1) is 0 Å². The van der Waals surface area contributed by atoms with Crippen LogP contribution in [0.3, 0.4) is 0 Å². The zero-order chi connectivity index (χ0) is 20.5. The molecule has 0 saturated heterocycles. The number of hydrogen-bond donors (Lipinski definition) is 0. The van der Waals surface area contributed by atoms with E-state index in [2.05, 4.69) is 4.99 Å². The Labute approximate surface area is 175 Å². The van der Waals surface area contributed by atoms with E-state index in [0.29, 0.717) is 25.6 Å². The molecule has 0 aliphatic carbocycles. The second-order valence-electron chi connectivity index (χ2n) is 6.54. The first-order valence-electron chi connectivity index (χ1n) is 8.91. The molecule has 1 aliphatic rings. The molecule has 0 fully saturated rings. The highest BCUT2D eigenvalue weighted by atomic mass is 35.5. The Hall–Kier alpha value is -2.96. The number of fused-ring (bicyclic) bond motifs is 1. The molecular formula is C22H17ClN2O3S. The van der Waals surface area contributed by atoms with Gasteiger partial charge < -0.3 is 4.74 Å². The van der Waals surface area contributed by atoms with Crippen molar-refractivity contribution in [3.8, 4) is 0 Å². The van der Waals surface area contributed by atoms with E-state index in [0.717, 1.165) is 11.1 Å². The number of rotatable bonds is 3. The number of allylic oxidation sites excluding steroid dienone is 1. The molecular weight excluding hydrogens is 408 g/mol. The fraction of sp³-hybridized carbons (Fsp3) is 0.136. The number of halogens is 1. The summed E-state index contributed by atoms with van der Waals surface area (Å²) in [4.78, 5) is 30.9. The van der Waals surface area contributed by atoms with Gasteiger partial charge in [0, 0.05) is 5.02 Å². The Bertz CT molecular complexity index is 1290. The van der Waals surface area contributed by atoms with E-state index < -0.39 is 12.0 Å². The third-order valence-electron chi connectivity index (χ3n) is 4.71. The zero-order valence-corrected chi connectivity index (χ0v) is 17.3. The fourth-order valence-electron chi connectivity index (χ4n) is 3.35. The number of hydrogen-bond acceptors (Lipinski definition) is 5. The van der Waals surface area contributed by atoms with Gasteiger partial charge in [-0.1, -0.05) is 65.4 Å². The minimum atomic E-state index is -0.590. The number of benzene rings is 2. The highest BCUT2D eigenvalue weighted by Crippen LogP contribution is 2.30. The van der Waals surface area contributed by atoms with Crippen molar-refractivity contribution in [2.24, 2.45) is 4.99 Å². The van der Waals surface area contributed by atoms with Crippen LogP contribution in [0.1, 0.15) is 24.1 Å². The number of thiazole rings is 1. The van der Waals surface area contributed by atoms with Crippen LogP contribution in [0.5, 0.6) is 0 Å². The van der Waals surface area contributed by atoms with Gasteiger partial charge in [0.05, 0.1) is 29.0 Å². The highest BCUT2D eigenvalue weighted by molar-refractivity contribution is 7.07. The quantitative estimate of drug-likeness (QED) is 0.607. The Morgan fingerprint density at radius 2 is 1.86 bits per heavy atom. The summed E-state index contributed by atoms with van der Waals surface area (Å²) in [7, 11) is 1.33. The van der Waals surface area contributed by atoms with Crippen molar-refractivity contribution < 1.29 is 9.53 Å². The molecule has 1 aliphatic heterocycles. The maximum atomic E-state index is 13.3. The van der Waals surface area contributed by atoms with Crippen LogP contribution < -0.4 is 14.9 Å². The maximum Gasteiger partial charge on any atom is 0.338 e. The second-order valence-corrected chi connectivity index (χ2v) is 7.98. The Balaban J connectivity index is 1.97. The number of esters is 1. The van der Waals surface area contributed by atoms with Crippen molar-refractivity contribution in [1.82, 2.24) is 4.57 Å². The lowest BCUT2D eigenvalue weighted by Crippen LogP contribution is -2.39. The van der Waals surface area contributed by atoms with E-state index in [1.165, 1.54) is 18.4 Å². The molecule has 0 spiro atoms. The van der Waals surface area contributed by atoms with Gasteiger partial charge in [0.15, 0.2) is 4.80 Å². The van der Waals surface area contributed by atoms with Crippen LogP contribution in [0.15, 0.2) is 75.7 Å². The van der Waals surface area contributed by atoms with Crippen LogP contribution in [0.25, 0.3) is 6.08 Å². The molecule has 0 amide bonds. The van der Waals surface area contributed by atoms with E-state index in [1.807, 2.05) is 42.5 Å². The molecule has 146 valence electrons. The van der Waals surface area contributed by atoms with Crippen molar-refractivity contribution in [3.05, 3.63) is 102 Å². The van der Waals surface area contributed by atoms with Gasteiger partial charge in [-0.2, -0.15) is 0 Å². The number of carbonyl (C=O) groups excluding carboxylic acids is 1. The van der Waals surface area contributed by atoms with Crippen molar-refractivity contribution >= 4 is 35.0 Å². The predicted molar refractivity (Wildman–Crippen MR) is 114 cm³/mol. The average Bonchev–Trinajstić information content (AvgIpc) is 3.03. The minimum Gasteiger partial charge on any atom is -0.466 e. The second kappa shape index (κ2) is 7.81. The molecule has 3 aromatic rings. The Morgan fingerprint density at radius 1 is 1.17 bits per heavy atom. The number of aromatic nitrogens is 1. The third-order valence-corrected chi connectivity index (χ3v) is 5.94. The first-order chi connectivity index (χ1) is 14.0. The summed E-state index contributed by atoms with van der Waals surface area (Å²) < 4.78 is 7.10. The number of carbonyl (C=O) groups is 1. The van der Waals surface area contributed by atoms with Gasteiger partial charge in [-0.15, -0.1) is 0 Å². The average molecular weight is 425 g/mol. The minimum absolute atomic E-state index is 0.202. The first kappa shape index (κ1) is 19.4. The van der Waals surface area contributed by atoms with Gasteiger partial charge in [0.2, 0.25) is 0 Å². The van der Waals surface area contributed by atoms with Gasteiger partial charge in [0.1, 0.15) is 0 Å². The summed E-state index contributed by atoms with van der Waals surface area (Å²) in [5.74, 6) is -0.493. The van der Waals surface area contributed by atoms with Crippen LogP contribution in [0.2, 0.25) is 5.02 Å². The van der Waals surface area contributed by atoms with E-state index in [4.69, 9.17) is 16.3 Å². The van der Waals surface area contributed by atoms with E-state index in [1.54, 1.807) is 29.7 Å². The summed E-state index contributed by atoms with van der Waals surface area (Å²) in [6.45, 7) is 1.76. The molecule has 0 unspecified atom stereocenters. The van der Waals surface area contributed by atoms with Crippen LogP contribution in [-0.2, 0) is 9.53 Å². The Morgan fingerprint density at radius 3 is 2.52 bits per heavy atom. The van der Waals surface area contributed by atoms with Crippen molar-refractivity contribution in [3.63, 3.8) is 0 Å². The standard InChI is InChI=1S/C22H17ClN2O3S/c1-13-18(21(27)28-2)19(15-6-4-3-5-7-15)25-20(26)17(29-22(25)24-13)12-14-8-10-16(23)11-9-14/h3-12,19H,1-2H3/b17-12-/t19-/m0/s1. The topological polar surface area (TPSA) is 60.7 Å². The lowest BCUT2D eigenvalue weighted by Gasteiger charge is -2.24. The summed E-state index contributed by atoms with van der Waals surface area (Å²) in [5.41, 5.74) is 2.39. The van der Waals surface area contributed by atoms with Crippen molar-refractivity contribution in [2.45, 2.75) is 13.0 Å². The summed E-state index contributed by atoms with van der Waals surface area (Å²) in [6, 6.07) is 16.1. The molecule has 1 atom stereocenters. The lowest BCUT2D eigenvalue weighted by atomic mass is 9.96. The van der Waals surface area contributed by atoms with Gasteiger partial charge in [-0.25, -0.2) is 9.79 Å². The SMILES string of the molecule is COC(=O)C1=C(C)N=c2s/c(=C\c3ccc(Cl)cc3)c(=O)n2[C@H]1c1ccccc1. The molecule has 1 aromatic heterocycles. The van der Waals surface area contributed by atoms with Crippen LogP contribution >= 0.6 is 22.9 Å². The maximum absolute atomic E-state index is 13.3. The molecule has 0 N–H and O–H groups in total. The lowest BCUT2D eigenvalue weighted by molar-refractivity contribution is -0.136. The van der Waals surface area contributed by atoms with E-state index in [9.17, 15) is 9.59 Å². The van der Waals surface area contributed by atoms with Gasteiger partial charge in [0.25, 0.3) is 5.56 Å². The molecule has 0 radical (unpaired) electrons. The monoisotopic (exact) mass is 424 g/mol. The molecule has 4 rings (SSSR count). The molecule has 29 heavy (non-hydrogen) atoms. The van der Waals surface area contributed by atoms with Gasteiger partial charge in [-0.3, -0.25) is 9.36 Å². The molecule has 0 bridgehead atoms. The van der Waals surface area contributed by atoms with Gasteiger partial charge >= 0.3 is 5.97 Å². The smallest absolute Gasteiger partial charge is 0.338 e. The molecule has 2 heterocycles. The van der Waals surface area contributed by atoms with E-state index in [-0.39, 0.29) is 5.56 Å². The van der Waals surface area contributed by atoms with Crippen molar-refractivity contribution in [1.29, 1.82) is 0 Å². The third kappa shape index (κ3) is 3.57. The predicted octanol–water partition coefficient (Wildman–Crippen LogP) is 3.06. The zero-order valence-electron chi connectivity index (χ0n) is 15.8. The molecule has 2 aromatic carbocycles. The summed E-state index contributed by atoms with van der Waals surface area (Å²) in [6.07, 6.45) is 1.80. The number of ether oxygens (including phenoxy) is 1. The summed E-state index contributed by atoms with van der Waals surface area (Å²) >= 11 is 7.24. The normalized spacial score (nSPS) is 16.4. The summed E-state index contributed by atoms with van der Waals surface area (Å²) in [5, 5.41) is 0.631. The Kier molecular flexibility index (Phi) is 5.22. The van der Waals surface area contributed by atoms with Crippen LogP contribution in [0.4, 0.5) is 0 Å². The largest absolute Gasteiger partial charge is 0.466 e. The fourth-order valence-corrected chi connectivity index (χ4v) is 4.53. The first-order valence-corrected chi connectivity index (χ1v) is 10.1. The molecule has 7 heteroatoms. The molecule has 0 saturated carbocycles. The number of nitrogens with zero attached hydrogens (tertiary/aromatic N) is 2.